The van der Waals surface area contributed by atoms with Crippen LogP contribution in [-0.2, 0) is 13.0 Å². The van der Waals surface area contributed by atoms with Gasteiger partial charge in [0.15, 0.2) is 0 Å². The van der Waals surface area contributed by atoms with E-state index < -0.39 is 0 Å². The highest BCUT2D eigenvalue weighted by atomic mass is 16.5. The summed E-state index contributed by atoms with van der Waals surface area (Å²) in [7, 11) is 0. The third kappa shape index (κ3) is 3.64. The van der Waals surface area contributed by atoms with Crippen molar-refractivity contribution >= 4 is 22.7 Å². The number of benzene rings is 2. The Hall–Kier alpha value is -4.06. The fourth-order valence-corrected chi connectivity index (χ4v) is 3.74. The first-order valence-electron chi connectivity index (χ1n) is 10.1. The zero-order chi connectivity index (χ0) is 21.2. The summed E-state index contributed by atoms with van der Waals surface area (Å²) >= 11 is 0. The summed E-state index contributed by atoms with van der Waals surface area (Å²) in [5.41, 5.74) is 3.37. The number of nitrogens with zero attached hydrogens (tertiary/aromatic N) is 3. The predicted octanol–water partition coefficient (Wildman–Crippen LogP) is 4.05. The van der Waals surface area contributed by atoms with Crippen molar-refractivity contribution in [1.82, 2.24) is 14.9 Å². The van der Waals surface area contributed by atoms with E-state index in [-0.39, 0.29) is 18.4 Å². The molecule has 0 saturated carbocycles. The van der Waals surface area contributed by atoms with Crippen LogP contribution in [-0.4, -0.2) is 33.2 Å². The Morgan fingerprint density at radius 2 is 1.68 bits per heavy atom. The minimum atomic E-state index is -0.328. The molecule has 4 aromatic rings. The van der Waals surface area contributed by atoms with Crippen LogP contribution in [0.2, 0.25) is 0 Å². The molecule has 0 saturated heterocycles. The number of amides is 2. The summed E-state index contributed by atoms with van der Waals surface area (Å²) in [4.78, 5) is 35.9. The Kier molecular flexibility index (Phi) is 4.88. The summed E-state index contributed by atoms with van der Waals surface area (Å²) in [5, 5.41) is 1.06. The maximum absolute atomic E-state index is 13.1. The fourth-order valence-electron chi connectivity index (χ4n) is 3.74. The quantitative estimate of drug-likeness (QED) is 0.449. The maximum Gasteiger partial charge on any atom is 0.265 e. The SMILES string of the molecule is O=C1c2cccc(OCc3ccncc3)c2C(=O)N1CCc1ccc2ccccc2n1. The molecule has 31 heavy (non-hydrogen) atoms. The Labute approximate surface area is 179 Å². The van der Waals surface area contributed by atoms with Crippen LogP contribution in [0.15, 0.2) is 79.1 Å². The standard InChI is InChI=1S/C25H19N3O3/c29-24-20-5-3-7-22(31-16-17-10-13-26-14-11-17)23(20)25(30)28(24)15-12-19-9-8-18-4-1-2-6-21(18)27-19/h1-11,13-14H,12,15-16H2. The van der Waals surface area contributed by atoms with Crippen LogP contribution in [0.4, 0.5) is 0 Å². The number of rotatable bonds is 6. The van der Waals surface area contributed by atoms with Gasteiger partial charge in [-0.25, -0.2) is 0 Å². The van der Waals surface area contributed by atoms with Crippen molar-refractivity contribution in [2.75, 3.05) is 6.54 Å². The van der Waals surface area contributed by atoms with Crippen molar-refractivity contribution in [3.8, 4) is 5.75 Å². The molecule has 3 heterocycles. The first-order chi connectivity index (χ1) is 15.2. The number of aromatic nitrogens is 2. The van der Waals surface area contributed by atoms with Crippen molar-refractivity contribution in [1.29, 1.82) is 0 Å². The minimum Gasteiger partial charge on any atom is -0.488 e. The summed E-state index contributed by atoms with van der Waals surface area (Å²) in [6, 6.07) is 20.6. The topological polar surface area (TPSA) is 72.4 Å². The number of para-hydroxylation sites is 1. The molecule has 0 bridgehead atoms. The van der Waals surface area contributed by atoms with Gasteiger partial charge in [-0.05, 0) is 42.0 Å². The number of pyridine rings is 2. The number of hydrogen-bond donors (Lipinski definition) is 0. The van der Waals surface area contributed by atoms with Crippen LogP contribution >= 0.6 is 0 Å². The van der Waals surface area contributed by atoms with Gasteiger partial charge in [0.1, 0.15) is 12.4 Å². The van der Waals surface area contributed by atoms with Gasteiger partial charge in [0, 0.05) is 36.4 Å². The zero-order valence-electron chi connectivity index (χ0n) is 16.7. The first kappa shape index (κ1) is 18.9. The molecule has 6 nitrogen and oxygen atoms in total. The zero-order valence-corrected chi connectivity index (χ0v) is 16.7. The van der Waals surface area contributed by atoms with E-state index in [4.69, 9.17) is 4.74 Å². The van der Waals surface area contributed by atoms with Crippen LogP contribution in [0.3, 0.4) is 0 Å². The van der Waals surface area contributed by atoms with Crippen LogP contribution < -0.4 is 4.74 Å². The summed E-state index contributed by atoms with van der Waals surface area (Å²) < 4.78 is 5.87. The third-order valence-electron chi connectivity index (χ3n) is 5.35. The van der Waals surface area contributed by atoms with Crippen molar-refractivity contribution in [2.24, 2.45) is 0 Å². The van der Waals surface area contributed by atoms with E-state index >= 15 is 0 Å². The lowest BCUT2D eigenvalue weighted by molar-refractivity contribution is 0.0654. The number of imide groups is 1. The van der Waals surface area contributed by atoms with Crippen LogP contribution in [0.25, 0.3) is 10.9 Å². The Morgan fingerprint density at radius 1 is 0.839 bits per heavy atom. The minimum absolute atomic E-state index is 0.265. The van der Waals surface area contributed by atoms with Crippen LogP contribution in [0.5, 0.6) is 5.75 Å². The molecule has 0 fully saturated rings. The second-order valence-electron chi connectivity index (χ2n) is 7.33. The number of carbonyl (C=O) groups excluding carboxylic acids is 2. The van der Waals surface area contributed by atoms with Crippen molar-refractivity contribution in [3.05, 3.63) is 102 Å². The molecule has 2 aromatic heterocycles. The molecule has 0 spiro atoms. The Morgan fingerprint density at radius 3 is 2.55 bits per heavy atom. The second-order valence-corrected chi connectivity index (χ2v) is 7.33. The Balaban J connectivity index is 1.33. The van der Waals surface area contributed by atoms with E-state index in [0.29, 0.717) is 29.9 Å². The van der Waals surface area contributed by atoms with Gasteiger partial charge in [-0.15, -0.1) is 0 Å². The molecular weight excluding hydrogens is 390 g/mol. The van der Waals surface area contributed by atoms with E-state index in [0.717, 1.165) is 22.2 Å². The fraction of sp³-hybridized carbons (Fsp3) is 0.120. The Bertz CT molecular complexity index is 1290. The second kappa shape index (κ2) is 7.99. The van der Waals surface area contributed by atoms with Crippen molar-refractivity contribution in [3.63, 3.8) is 0 Å². The third-order valence-corrected chi connectivity index (χ3v) is 5.35. The lowest BCUT2D eigenvalue weighted by atomic mass is 10.1. The molecule has 0 radical (unpaired) electrons. The van der Waals surface area contributed by atoms with E-state index in [1.165, 1.54) is 4.90 Å². The van der Waals surface area contributed by atoms with Gasteiger partial charge in [0.05, 0.1) is 16.6 Å². The van der Waals surface area contributed by atoms with Crippen molar-refractivity contribution < 1.29 is 14.3 Å². The van der Waals surface area contributed by atoms with Gasteiger partial charge in [-0.3, -0.25) is 24.5 Å². The molecule has 5 rings (SSSR count). The maximum atomic E-state index is 13.1. The number of ether oxygens (including phenoxy) is 1. The van der Waals surface area contributed by atoms with Gasteiger partial charge in [0.2, 0.25) is 0 Å². The van der Waals surface area contributed by atoms with E-state index in [1.807, 2.05) is 48.5 Å². The normalized spacial score (nSPS) is 13.0. The largest absolute Gasteiger partial charge is 0.488 e. The number of carbonyl (C=O) groups is 2. The lowest BCUT2D eigenvalue weighted by Crippen LogP contribution is -2.32. The highest BCUT2D eigenvalue weighted by molar-refractivity contribution is 6.22. The summed E-state index contributed by atoms with van der Waals surface area (Å²) in [6.07, 6.45) is 3.86. The molecule has 0 atom stereocenters. The average molecular weight is 409 g/mol. The van der Waals surface area contributed by atoms with E-state index in [1.54, 1.807) is 30.6 Å². The first-order valence-corrected chi connectivity index (χ1v) is 10.1. The molecule has 2 aromatic carbocycles. The molecule has 2 amide bonds. The average Bonchev–Trinajstić information content (AvgIpc) is 3.07. The number of hydrogen-bond acceptors (Lipinski definition) is 5. The van der Waals surface area contributed by atoms with Crippen LogP contribution in [0.1, 0.15) is 32.0 Å². The monoisotopic (exact) mass is 409 g/mol. The number of fused-ring (bicyclic) bond motifs is 2. The lowest BCUT2D eigenvalue weighted by Gasteiger charge is -2.14. The smallest absolute Gasteiger partial charge is 0.265 e. The van der Waals surface area contributed by atoms with Gasteiger partial charge in [-0.2, -0.15) is 0 Å². The molecular formula is C25H19N3O3. The van der Waals surface area contributed by atoms with E-state index in [2.05, 4.69) is 9.97 Å². The molecule has 1 aliphatic rings. The molecule has 6 heteroatoms. The van der Waals surface area contributed by atoms with Gasteiger partial charge >= 0.3 is 0 Å². The highest BCUT2D eigenvalue weighted by Gasteiger charge is 2.37. The molecule has 0 N–H and O–H groups in total. The molecule has 0 aliphatic carbocycles. The molecule has 152 valence electrons. The van der Waals surface area contributed by atoms with Gasteiger partial charge < -0.3 is 4.74 Å². The van der Waals surface area contributed by atoms with Gasteiger partial charge in [-0.1, -0.05) is 30.3 Å². The predicted molar refractivity (Wildman–Crippen MR) is 116 cm³/mol. The molecule has 0 unspecified atom stereocenters. The van der Waals surface area contributed by atoms with Crippen molar-refractivity contribution in [2.45, 2.75) is 13.0 Å². The van der Waals surface area contributed by atoms with Crippen LogP contribution in [0, 0.1) is 0 Å². The van der Waals surface area contributed by atoms with E-state index in [9.17, 15) is 9.59 Å². The van der Waals surface area contributed by atoms with Gasteiger partial charge in [0.25, 0.3) is 11.8 Å². The highest BCUT2D eigenvalue weighted by Crippen LogP contribution is 2.31. The molecule has 1 aliphatic heterocycles. The summed E-state index contributed by atoms with van der Waals surface area (Å²) in [5.74, 6) is -0.208. The summed E-state index contributed by atoms with van der Waals surface area (Å²) in [6.45, 7) is 0.558.